The molecule has 0 amide bonds. The minimum absolute atomic E-state index is 0.00943. The topological polar surface area (TPSA) is 96.4 Å². The third-order valence-electron chi connectivity index (χ3n) is 11.7. The van der Waals surface area contributed by atoms with E-state index in [4.69, 9.17) is 9.47 Å². The maximum absolute atomic E-state index is 13.3. The first-order valence-electron chi connectivity index (χ1n) is 13.1. The lowest BCUT2D eigenvalue weighted by Crippen LogP contribution is -2.67. The average Bonchev–Trinajstić information content (AvgIpc) is 3.47. The molecule has 4 aliphatic carbocycles. The van der Waals surface area contributed by atoms with Gasteiger partial charge in [-0.3, -0.25) is 4.79 Å². The largest absolute Gasteiger partial charge is 0.458 e. The van der Waals surface area contributed by atoms with Crippen LogP contribution < -0.4 is 0 Å². The van der Waals surface area contributed by atoms with Crippen molar-refractivity contribution in [1.29, 1.82) is 0 Å². The normalized spacial score (nSPS) is 54.6. The van der Waals surface area contributed by atoms with Crippen LogP contribution in [0.3, 0.4) is 0 Å². The van der Waals surface area contributed by atoms with Crippen LogP contribution in [0.15, 0.2) is 23.3 Å². The van der Waals surface area contributed by atoms with Crippen molar-refractivity contribution >= 4 is 11.8 Å². The smallest absolute Gasteiger partial charge is 0.333 e. The van der Waals surface area contributed by atoms with Gasteiger partial charge >= 0.3 is 5.97 Å². The second-order valence-corrected chi connectivity index (χ2v) is 12.6. The molecule has 12 unspecified atom stereocenters. The summed E-state index contributed by atoms with van der Waals surface area (Å²) in [5.74, 6) is 0.697. The molecule has 0 aromatic rings. The van der Waals surface area contributed by atoms with E-state index in [1.54, 1.807) is 6.08 Å². The molecule has 186 valence electrons. The molecule has 0 aromatic carbocycles. The summed E-state index contributed by atoms with van der Waals surface area (Å²) < 4.78 is 12.0. The molecule has 12 atom stereocenters. The van der Waals surface area contributed by atoms with E-state index in [9.17, 15) is 19.8 Å². The zero-order valence-electron chi connectivity index (χ0n) is 20.9. The summed E-state index contributed by atoms with van der Waals surface area (Å²) in [5.41, 5.74) is 0.0848. The van der Waals surface area contributed by atoms with Gasteiger partial charge in [-0.15, -0.1) is 0 Å². The predicted octanol–water partition coefficient (Wildman–Crippen LogP) is 3.35. The Morgan fingerprint density at radius 2 is 1.82 bits per heavy atom. The van der Waals surface area contributed by atoms with Gasteiger partial charge in [-0.25, -0.2) is 4.79 Å². The zero-order valence-corrected chi connectivity index (χ0v) is 20.9. The monoisotopic (exact) mass is 470 g/mol. The van der Waals surface area contributed by atoms with Crippen molar-refractivity contribution in [1.82, 2.24) is 0 Å². The van der Waals surface area contributed by atoms with E-state index in [2.05, 4.69) is 13.8 Å². The van der Waals surface area contributed by atoms with Crippen LogP contribution in [0.25, 0.3) is 0 Å². The summed E-state index contributed by atoms with van der Waals surface area (Å²) in [5, 5.41) is 22.4. The van der Waals surface area contributed by atoms with Crippen LogP contribution in [0.1, 0.15) is 66.7 Å². The first-order chi connectivity index (χ1) is 16.0. The lowest BCUT2D eigenvalue weighted by atomic mass is 9.43. The Morgan fingerprint density at radius 3 is 2.53 bits per heavy atom. The van der Waals surface area contributed by atoms with Crippen LogP contribution in [-0.4, -0.2) is 52.0 Å². The summed E-state index contributed by atoms with van der Waals surface area (Å²) in [6.07, 6.45) is 5.58. The number of epoxide rings is 1. The highest BCUT2D eigenvalue weighted by molar-refractivity contribution is 5.98. The van der Waals surface area contributed by atoms with Crippen molar-refractivity contribution in [3.05, 3.63) is 23.3 Å². The van der Waals surface area contributed by atoms with Crippen molar-refractivity contribution in [2.24, 2.45) is 40.4 Å². The van der Waals surface area contributed by atoms with Gasteiger partial charge in [-0.05, 0) is 93.6 Å². The number of aliphatic hydroxyl groups excluding tert-OH is 2. The first kappa shape index (κ1) is 22.9. The lowest BCUT2D eigenvalue weighted by molar-refractivity contribution is -0.166. The molecule has 6 heteroatoms. The number of cyclic esters (lactones) is 1. The maximum Gasteiger partial charge on any atom is 0.333 e. The van der Waals surface area contributed by atoms with E-state index >= 15 is 0 Å². The Kier molecular flexibility index (Phi) is 4.75. The number of carbonyl (C=O) groups is 2. The van der Waals surface area contributed by atoms with Crippen molar-refractivity contribution in [3.63, 3.8) is 0 Å². The molecule has 0 aromatic heterocycles. The molecule has 34 heavy (non-hydrogen) atoms. The number of allylic oxidation sites excluding steroid dienone is 1. The lowest BCUT2D eigenvalue weighted by Gasteiger charge is -2.59. The summed E-state index contributed by atoms with van der Waals surface area (Å²) in [7, 11) is 0. The van der Waals surface area contributed by atoms with Crippen molar-refractivity contribution in [2.75, 3.05) is 0 Å². The molecule has 1 saturated heterocycles. The van der Waals surface area contributed by atoms with Gasteiger partial charge in [0.15, 0.2) is 5.78 Å². The fourth-order valence-corrected chi connectivity index (χ4v) is 9.52. The number of carbonyl (C=O) groups excluding carboxylic acids is 2. The first-order valence-corrected chi connectivity index (χ1v) is 13.1. The second kappa shape index (κ2) is 7.04. The molecule has 2 N–H and O–H groups in total. The van der Waals surface area contributed by atoms with E-state index in [1.165, 1.54) is 6.08 Å². The average molecular weight is 471 g/mol. The van der Waals surface area contributed by atoms with Crippen LogP contribution in [0.4, 0.5) is 0 Å². The van der Waals surface area contributed by atoms with Crippen LogP contribution in [0, 0.1) is 40.4 Å². The van der Waals surface area contributed by atoms with Gasteiger partial charge in [0.25, 0.3) is 0 Å². The van der Waals surface area contributed by atoms with E-state index in [0.717, 1.165) is 43.3 Å². The number of ether oxygens (including phenoxy) is 2. The Labute approximate surface area is 201 Å². The number of fused-ring (bicyclic) bond motifs is 4. The minimum atomic E-state index is -0.976. The van der Waals surface area contributed by atoms with Crippen LogP contribution in [0.5, 0.6) is 0 Å². The van der Waals surface area contributed by atoms with Gasteiger partial charge in [0.1, 0.15) is 23.9 Å². The molecule has 0 bridgehead atoms. The zero-order chi connectivity index (χ0) is 24.4. The van der Waals surface area contributed by atoms with Gasteiger partial charge in [-0.2, -0.15) is 0 Å². The highest BCUT2D eigenvalue weighted by Gasteiger charge is 2.83. The third kappa shape index (κ3) is 2.53. The highest BCUT2D eigenvalue weighted by atomic mass is 16.6. The molecule has 2 heterocycles. The number of esters is 1. The van der Waals surface area contributed by atoms with E-state index < -0.39 is 29.3 Å². The summed E-state index contributed by atoms with van der Waals surface area (Å²) in [4.78, 5) is 25.7. The fraction of sp³-hybridized carbons (Fsp3) is 0.786. The maximum atomic E-state index is 13.3. The SMILES string of the molecule is CC1=C(C)C(=O)OC(C(C)C2CCC3C4C(O)C5OC56C(O)C=CC(=O)C6(C)C4CCC23C)C1. The molecule has 6 nitrogen and oxygen atoms in total. The number of ketones is 1. The molecule has 6 aliphatic rings. The number of rotatable bonds is 2. The van der Waals surface area contributed by atoms with Gasteiger partial charge in [0.05, 0.1) is 11.5 Å². The molecule has 2 aliphatic heterocycles. The molecule has 0 radical (unpaired) electrons. The Morgan fingerprint density at radius 1 is 1.09 bits per heavy atom. The standard InChI is InChI=1S/C28H38O6/c1-13-12-19(33-25(32)14(13)2)15(3)16-6-7-17-22-18(10-11-26(16,17)4)27(5)20(29)8-9-21(30)28(27)24(34-28)23(22)31/h8-9,15-19,21-24,30-31H,6-7,10-12H2,1-5H3. The van der Waals surface area contributed by atoms with Crippen LogP contribution >= 0.6 is 0 Å². The van der Waals surface area contributed by atoms with Crippen LogP contribution in [0.2, 0.25) is 0 Å². The summed E-state index contributed by atoms with van der Waals surface area (Å²) in [6.45, 7) is 10.4. The summed E-state index contributed by atoms with van der Waals surface area (Å²) in [6, 6.07) is 0. The van der Waals surface area contributed by atoms with E-state index in [0.29, 0.717) is 5.92 Å². The van der Waals surface area contributed by atoms with E-state index in [1.807, 2.05) is 20.8 Å². The Bertz CT molecular complexity index is 1010. The number of aliphatic hydroxyl groups is 2. The molecular formula is C28H38O6. The highest BCUT2D eigenvalue weighted by Crippen LogP contribution is 2.73. The van der Waals surface area contributed by atoms with Crippen molar-refractivity contribution in [3.8, 4) is 0 Å². The molecule has 4 fully saturated rings. The number of hydrogen-bond acceptors (Lipinski definition) is 6. The Balaban J connectivity index is 1.31. The van der Waals surface area contributed by atoms with Gasteiger partial charge in [0.2, 0.25) is 0 Å². The predicted molar refractivity (Wildman–Crippen MR) is 124 cm³/mol. The second-order valence-electron chi connectivity index (χ2n) is 12.6. The van der Waals surface area contributed by atoms with Gasteiger partial charge < -0.3 is 19.7 Å². The fourth-order valence-electron chi connectivity index (χ4n) is 9.52. The Hall–Kier alpha value is -1.50. The molecule has 3 saturated carbocycles. The van der Waals surface area contributed by atoms with Gasteiger partial charge in [-0.1, -0.05) is 19.4 Å². The van der Waals surface area contributed by atoms with Crippen molar-refractivity contribution < 1.29 is 29.3 Å². The van der Waals surface area contributed by atoms with Crippen molar-refractivity contribution in [2.45, 2.75) is 96.7 Å². The quantitative estimate of drug-likeness (QED) is 0.475. The number of hydrogen-bond donors (Lipinski definition) is 2. The molecular weight excluding hydrogens is 432 g/mol. The van der Waals surface area contributed by atoms with Crippen LogP contribution in [-0.2, 0) is 19.1 Å². The minimum Gasteiger partial charge on any atom is -0.458 e. The van der Waals surface area contributed by atoms with E-state index in [-0.39, 0.29) is 46.9 Å². The van der Waals surface area contributed by atoms with Gasteiger partial charge in [0, 0.05) is 12.0 Å². The molecule has 6 rings (SSSR count). The third-order valence-corrected chi connectivity index (χ3v) is 11.7. The summed E-state index contributed by atoms with van der Waals surface area (Å²) >= 11 is 0. The molecule has 1 spiro atoms.